The van der Waals surface area contributed by atoms with Crippen molar-refractivity contribution in [2.75, 3.05) is 19.6 Å². The van der Waals surface area contributed by atoms with Crippen molar-refractivity contribution in [1.82, 2.24) is 4.90 Å². The number of carbonyl (C=O) groups excluding carboxylic acids is 1. The second-order valence-corrected chi connectivity index (χ2v) is 6.04. The molecule has 0 aromatic heterocycles. The Balaban J connectivity index is 2.23. The van der Waals surface area contributed by atoms with Gasteiger partial charge < -0.3 is 10.6 Å². The fourth-order valence-corrected chi connectivity index (χ4v) is 2.97. The predicted octanol–water partition coefficient (Wildman–Crippen LogP) is 3.28. The number of alkyl halides is 3. The number of nitrogens with two attached hydrogens (primary N) is 1. The number of halogens is 4. The molecule has 0 bridgehead atoms. The lowest BCUT2D eigenvalue weighted by molar-refractivity contribution is -0.138. The molecule has 2 rings (SSSR count). The van der Waals surface area contributed by atoms with Crippen LogP contribution in [0, 0.1) is 5.92 Å². The van der Waals surface area contributed by atoms with Gasteiger partial charge in [0.05, 0.1) is 5.56 Å². The molecule has 0 aliphatic carbocycles. The van der Waals surface area contributed by atoms with Gasteiger partial charge in [0.15, 0.2) is 0 Å². The van der Waals surface area contributed by atoms with E-state index in [4.69, 9.17) is 5.73 Å². The van der Waals surface area contributed by atoms with E-state index in [-0.39, 0.29) is 21.9 Å². The van der Waals surface area contributed by atoms with Crippen LogP contribution in [0.4, 0.5) is 13.2 Å². The van der Waals surface area contributed by atoms with E-state index >= 15 is 0 Å². The monoisotopic (exact) mass is 364 g/mol. The van der Waals surface area contributed by atoms with Crippen LogP contribution in [0.25, 0.3) is 0 Å². The van der Waals surface area contributed by atoms with E-state index in [0.29, 0.717) is 19.6 Å². The lowest BCUT2D eigenvalue weighted by Crippen LogP contribution is -2.42. The van der Waals surface area contributed by atoms with E-state index in [9.17, 15) is 18.0 Å². The normalized spacial score (nSPS) is 19.7. The zero-order valence-electron chi connectivity index (χ0n) is 11.3. The van der Waals surface area contributed by atoms with Crippen molar-refractivity contribution in [3.05, 3.63) is 33.8 Å². The summed E-state index contributed by atoms with van der Waals surface area (Å²) in [7, 11) is 0. The fourth-order valence-electron chi connectivity index (χ4n) is 2.50. The third-order valence-corrected chi connectivity index (χ3v) is 4.35. The van der Waals surface area contributed by atoms with Gasteiger partial charge in [-0.3, -0.25) is 4.79 Å². The molecule has 21 heavy (non-hydrogen) atoms. The number of hydrogen-bond donors (Lipinski definition) is 1. The van der Waals surface area contributed by atoms with Crippen LogP contribution in [-0.4, -0.2) is 30.4 Å². The minimum Gasteiger partial charge on any atom is -0.338 e. The third kappa shape index (κ3) is 3.77. The van der Waals surface area contributed by atoms with E-state index in [1.165, 1.54) is 12.1 Å². The molecule has 0 radical (unpaired) electrons. The molecule has 3 nitrogen and oxygen atoms in total. The summed E-state index contributed by atoms with van der Waals surface area (Å²) in [5.74, 6) is -0.147. The van der Waals surface area contributed by atoms with Gasteiger partial charge in [0.25, 0.3) is 5.91 Å². The van der Waals surface area contributed by atoms with E-state index in [0.717, 1.165) is 18.9 Å². The second kappa shape index (κ2) is 6.36. The van der Waals surface area contributed by atoms with Crippen LogP contribution in [-0.2, 0) is 6.18 Å². The molecule has 1 aliphatic heterocycles. The van der Waals surface area contributed by atoms with Crippen molar-refractivity contribution in [3.8, 4) is 0 Å². The van der Waals surface area contributed by atoms with Gasteiger partial charge in [0.2, 0.25) is 0 Å². The number of rotatable bonds is 2. The second-order valence-electron chi connectivity index (χ2n) is 5.19. The molecule has 1 unspecified atom stereocenters. The summed E-state index contributed by atoms with van der Waals surface area (Å²) >= 11 is 2.87. The summed E-state index contributed by atoms with van der Waals surface area (Å²) in [5, 5.41) is 0. The Morgan fingerprint density at radius 2 is 2.14 bits per heavy atom. The van der Waals surface area contributed by atoms with Crippen LogP contribution in [0.15, 0.2) is 22.7 Å². The fraction of sp³-hybridized carbons (Fsp3) is 0.500. The number of amides is 1. The van der Waals surface area contributed by atoms with Gasteiger partial charge in [0, 0.05) is 23.1 Å². The van der Waals surface area contributed by atoms with Crippen LogP contribution in [0.2, 0.25) is 0 Å². The highest BCUT2D eigenvalue weighted by atomic mass is 79.9. The smallest absolute Gasteiger partial charge is 0.338 e. The molecule has 1 aromatic carbocycles. The minimum absolute atomic E-state index is 0.0585. The molecule has 1 aromatic rings. The Kier molecular flexibility index (Phi) is 4.93. The van der Waals surface area contributed by atoms with Crippen LogP contribution in [0.5, 0.6) is 0 Å². The number of benzene rings is 1. The highest BCUT2D eigenvalue weighted by Gasteiger charge is 2.34. The van der Waals surface area contributed by atoms with Crippen molar-refractivity contribution in [3.63, 3.8) is 0 Å². The lowest BCUT2D eigenvalue weighted by Gasteiger charge is -2.32. The molecule has 1 amide bonds. The average Bonchev–Trinajstić information content (AvgIpc) is 2.46. The maximum Gasteiger partial charge on any atom is 0.417 e. The number of piperidine rings is 1. The molecule has 1 fully saturated rings. The predicted molar refractivity (Wildman–Crippen MR) is 76.8 cm³/mol. The zero-order chi connectivity index (χ0) is 15.6. The number of likely N-dealkylation sites (tertiary alicyclic amines) is 1. The average molecular weight is 365 g/mol. The number of nitrogens with zero attached hydrogens (tertiary/aromatic N) is 1. The largest absolute Gasteiger partial charge is 0.417 e. The Bertz CT molecular complexity index is 533. The number of hydrogen-bond acceptors (Lipinski definition) is 2. The molecule has 1 saturated heterocycles. The topological polar surface area (TPSA) is 46.3 Å². The van der Waals surface area contributed by atoms with E-state index < -0.39 is 11.7 Å². The van der Waals surface area contributed by atoms with Crippen LogP contribution >= 0.6 is 15.9 Å². The van der Waals surface area contributed by atoms with Gasteiger partial charge in [0.1, 0.15) is 0 Å². The first-order valence-electron chi connectivity index (χ1n) is 6.69. The maximum atomic E-state index is 12.9. The highest BCUT2D eigenvalue weighted by molar-refractivity contribution is 9.10. The Morgan fingerprint density at radius 3 is 2.76 bits per heavy atom. The molecule has 1 heterocycles. The minimum atomic E-state index is -4.49. The van der Waals surface area contributed by atoms with E-state index in [2.05, 4.69) is 15.9 Å². The molecular formula is C14H16BrF3N2O. The molecular weight excluding hydrogens is 349 g/mol. The summed E-state index contributed by atoms with van der Waals surface area (Å²) in [6, 6.07) is 3.58. The highest BCUT2D eigenvalue weighted by Crippen LogP contribution is 2.35. The molecule has 116 valence electrons. The first kappa shape index (κ1) is 16.3. The van der Waals surface area contributed by atoms with Crippen LogP contribution in [0.3, 0.4) is 0 Å². The van der Waals surface area contributed by atoms with Crippen LogP contribution in [0.1, 0.15) is 28.8 Å². The third-order valence-electron chi connectivity index (χ3n) is 3.66. The first-order chi connectivity index (χ1) is 9.82. The zero-order valence-corrected chi connectivity index (χ0v) is 12.9. The van der Waals surface area contributed by atoms with Gasteiger partial charge in [-0.1, -0.05) is 15.9 Å². The SMILES string of the molecule is NCC1CCCN(C(=O)c2ccc(Br)c(C(F)(F)F)c2)C1. The Hall–Kier alpha value is -1.08. The van der Waals surface area contributed by atoms with Crippen molar-refractivity contribution in [2.45, 2.75) is 19.0 Å². The van der Waals surface area contributed by atoms with Crippen LogP contribution < -0.4 is 5.73 Å². The number of carbonyl (C=O) groups is 1. The van der Waals surface area contributed by atoms with Gasteiger partial charge in [-0.15, -0.1) is 0 Å². The molecule has 2 N–H and O–H groups in total. The summed E-state index contributed by atoms with van der Waals surface area (Å²) < 4.78 is 38.6. The summed E-state index contributed by atoms with van der Waals surface area (Å²) in [6.45, 7) is 1.55. The van der Waals surface area contributed by atoms with Crippen molar-refractivity contribution in [2.24, 2.45) is 11.7 Å². The maximum absolute atomic E-state index is 12.9. The van der Waals surface area contributed by atoms with Crippen molar-refractivity contribution >= 4 is 21.8 Å². The van der Waals surface area contributed by atoms with E-state index in [1.807, 2.05) is 0 Å². The van der Waals surface area contributed by atoms with Gasteiger partial charge in [-0.05, 0) is 43.5 Å². The van der Waals surface area contributed by atoms with Crippen molar-refractivity contribution < 1.29 is 18.0 Å². The molecule has 1 aliphatic rings. The summed E-state index contributed by atoms with van der Waals surface area (Å²) in [4.78, 5) is 13.9. The summed E-state index contributed by atoms with van der Waals surface area (Å²) in [5.41, 5.74) is 4.84. The Morgan fingerprint density at radius 1 is 1.43 bits per heavy atom. The lowest BCUT2D eigenvalue weighted by atomic mass is 9.97. The van der Waals surface area contributed by atoms with Crippen molar-refractivity contribution in [1.29, 1.82) is 0 Å². The van der Waals surface area contributed by atoms with Gasteiger partial charge in [-0.2, -0.15) is 13.2 Å². The molecule has 7 heteroatoms. The Labute approximate surface area is 129 Å². The van der Waals surface area contributed by atoms with Gasteiger partial charge in [-0.25, -0.2) is 0 Å². The van der Waals surface area contributed by atoms with E-state index in [1.54, 1.807) is 4.90 Å². The molecule has 0 saturated carbocycles. The molecule has 1 atom stereocenters. The first-order valence-corrected chi connectivity index (χ1v) is 7.48. The quantitative estimate of drug-likeness (QED) is 0.875. The summed E-state index contributed by atoms with van der Waals surface area (Å²) in [6.07, 6.45) is -2.71. The van der Waals surface area contributed by atoms with Gasteiger partial charge >= 0.3 is 6.18 Å². The molecule has 0 spiro atoms. The standard InChI is InChI=1S/C14H16BrF3N2O/c15-12-4-3-10(6-11(12)14(16,17)18)13(21)20-5-1-2-9(7-19)8-20/h3-4,6,9H,1-2,5,7-8,19H2.